The molecule has 0 bridgehead atoms. The normalized spacial score (nSPS) is 17.2. The Bertz CT molecular complexity index is 2550. The fourth-order valence-electron chi connectivity index (χ4n) is 6.80. The third-order valence-electron chi connectivity index (χ3n) is 10.1. The summed E-state index contributed by atoms with van der Waals surface area (Å²) in [5.74, 6) is 0.859. The summed E-state index contributed by atoms with van der Waals surface area (Å²) in [5.41, 5.74) is 4.74. The lowest BCUT2D eigenvalue weighted by atomic mass is 10.2. The molecule has 61 heavy (non-hydrogen) atoms. The van der Waals surface area contributed by atoms with Gasteiger partial charge in [-0.1, -0.05) is 103 Å². The molecule has 1 saturated heterocycles. The van der Waals surface area contributed by atoms with Gasteiger partial charge in [-0.15, -0.1) is 0 Å². The molecule has 1 aliphatic heterocycles. The summed E-state index contributed by atoms with van der Waals surface area (Å²) < 4.78 is 34.6. The monoisotopic (exact) mass is 824 g/mol. The fourth-order valence-corrected chi connectivity index (χ4v) is 6.80. The molecule has 1 N–H and O–H groups in total. The minimum atomic E-state index is -0.925. The number of imidazole rings is 1. The number of hydrogen-bond acceptors (Lipinski definition) is 10. The highest BCUT2D eigenvalue weighted by Crippen LogP contribution is 2.39. The van der Waals surface area contributed by atoms with Crippen molar-refractivity contribution < 1.29 is 33.3 Å². The molecule has 0 unspecified atom stereocenters. The van der Waals surface area contributed by atoms with Crippen LogP contribution >= 0.6 is 0 Å². The Balaban J connectivity index is 1.22. The van der Waals surface area contributed by atoms with E-state index in [1.165, 1.54) is 11.2 Å². The van der Waals surface area contributed by atoms with Gasteiger partial charge in [-0.05, 0) is 81.4 Å². The van der Waals surface area contributed by atoms with Crippen molar-refractivity contribution in [3.8, 4) is 23.1 Å². The van der Waals surface area contributed by atoms with Crippen LogP contribution in [-0.4, -0.2) is 56.4 Å². The molecule has 1 fully saturated rings. The summed E-state index contributed by atoms with van der Waals surface area (Å²) in [6.07, 6.45) is -2.36. The lowest BCUT2D eigenvalue weighted by molar-refractivity contribution is -0.118. The summed E-state index contributed by atoms with van der Waals surface area (Å²) in [6, 6.07) is 41.5. The molecular formula is C48H46N6O7. The highest BCUT2D eigenvalue weighted by molar-refractivity contribution is 5.98. The smallest absolute Gasteiger partial charge is 0.425 e. The van der Waals surface area contributed by atoms with Crippen molar-refractivity contribution in [2.75, 3.05) is 16.8 Å². The van der Waals surface area contributed by atoms with Gasteiger partial charge in [0.25, 0.3) is 5.88 Å². The van der Waals surface area contributed by atoms with Gasteiger partial charge in [0.05, 0.1) is 17.7 Å². The highest BCUT2D eigenvalue weighted by atomic mass is 16.8. The number of hydrogen-bond donors (Lipinski definition) is 1. The molecule has 4 atom stereocenters. The zero-order valence-corrected chi connectivity index (χ0v) is 34.5. The molecule has 0 aliphatic carbocycles. The van der Waals surface area contributed by atoms with E-state index in [0.717, 1.165) is 16.7 Å². The Morgan fingerprint density at radius 3 is 1.77 bits per heavy atom. The number of aryl methyl sites for hydroxylation is 3. The van der Waals surface area contributed by atoms with Crippen LogP contribution in [0.15, 0.2) is 140 Å². The lowest BCUT2D eigenvalue weighted by Gasteiger charge is -2.26. The van der Waals surface area contributed by atoms with Crippen LogP contribution in [0, 0.1) is 26.7 Å². The van der Waals surface area contributed by atoms with Gasteiger partial charge in [-0.2, -0.15) is 9.97 Å². The number of amides is 2. The summed E-state index contributed by atoms with van der Waals surface area (Å²) in [7, 11) is 0. The maximum Gasteiger partial charge on any atom is 0.425 e. The molecule has 8 rings (SSSR count). The Morgan fingerprint density at radius 2 is 1.23 bits per heavy atom. The number of aromatic nitrogens is 4. The Kier molecular flexibility index (Phi) is 11.9. The number of nitrogens with one attached hydrogen (secondary N) is 1. The second kappa shape index (κ2) is 17.9. The summed E-state index contributed by atoms with van der Waals surface area (Å²) in [4.78, 5) is 42.8. The quantitative estimate of drug-likeness (QED) is 0.0884. The second-order valence-corrected chi connectivity index (χ2v) is 15.2. The molecule has 13 heteroatoms. The molecule has 0 saturated carbocycles. The molecule has 2 amide bonds. The van der Waals surface area contributed by atoms with Crippen LogP contribution in [0.25, 0.3) is 11.2 Å². The van der Waals surface area contributed by atoms with Crippen LogP contribution < -0.4 is 29.2 Å². The molecule has 5 aromatic carbocycles. The Labute approximate surface area is 353 Å². The van der Waals surface area contributed by atoms with E-state index in [1.54, 1.807) is 42.7 Å². The van der Waals surface area contributed by atoms with E-state index in [9.17, 15) is 9.59 Å². The fraction of sp³-hybridized carbons (Fsp3) is 0.229. The maximum absolute atomic E-state index is 14.3. The van der Waals surface area contributed by atoms with Crippen molar-refractivity contribution in [2.45, 2.75) is 59.2 Å². The molecule has 310 valence electrons. The summed E-state index contributed by atoms with van der Waals surface area (Å²) in [5, 5.41) is 2.78. The minimum Gasteiger partial charge on any atom is -0.491 e. The van der Waals surface area contributed by atoms with E-state index >= 15 is 0 Å². The molecular weight excluding hydrogens is 779 g/mol. The van der Waals surface area contributed by atoms with Crippen LogP contribution in [0.4, 0.5) is 22.1 Å². The number of anilines is 3. The van der Waals surface area contributed by atoms with Crippen LogP contribution in [-0.2, 0) is 9.53 Å². The molecule has 0 spiro atoms. The average Bonchev–Trinajstić information content (AvgIpc) is 3.83. The van der Waals surface area contributed by atoms with Crippen molar-refractivity contribution in [3.63, 3.8) is 0 Å². The minimum absolute atomic E-state index is 0.0950. The first kappa shape index (κ1) is 40.5. The van der Waals surface area contributed by atoms with E-state index < -0.39 is 36.6 Å². The third kappa shape index (κ3) is 9.32. The van der Waals surface area contributed by atoms with E-state index in [0.29, 0.717) is 28.6 Å². The number of para-hydroxylation sites is 2. The number of benzene rings is 5. The van der Waals surface area contributed by atoms with E-state index in [2.05, 4.69) is 10.3 Å². The molecule has 1 aliphatic rings. The van der Waals surface area contributed by atoms with Crippen molar-refractivity contribution >= 4 is 40.5 Å². The molecule has 7 aromatic rings. The van der Waals surface area contributed by atoms with E-state index in [1.807, 2.05) is 130 Å². The van der Waals surface area contributed by atoms with Gasteiger partial charge in [0.15, 0.2) is 29.6 Å². The summed E-state index contributed by atoms with van der Waals surface area (Å²) in [6.45, 7) is 9.64. The number of carbonyl (C=O) groups excluding carboxylic acids is 2. The third-order valence-corrected chi connectivity index (χ3v) is 10.1. The zero-order chi connectivity index (χ0) is 42.5. The van der Waals surface area contributed by atoms with Crippen molar-refractivity contribution in [2.24, 2.45) is 5.92 Å². The summed E-state index contributed by atoms with van der Waals surface area (Å²) >= 11 is 0. The Morgan fingerprint density at radius 1 is 0.705 bits per heavy atom. The van der Waals surface area contributed by atoms with Crippen LogP contribution in [0.2, 0.25) is 0 Å². The van der Waals surface area contributed by atoms with Crippen molar-refractivity contribution in [3.05, 3.63) is 156 Å². The van der Waals surface area contributed by atoms with Gasteiger partial charge in [-0.25, -0.2) is 14.7 Å². The number of ether oxygens (including phenoxy) is 5. The van der Waals surface area contributed by atoms with Gasteiger partial charge in [0.2, 0.25) is 11.9 Å². The van der Waals surface area contributed by atoms with Gasteiger partial charge in [-0.3, -0.25) is 14.7 Å². The first-order valence-corrected chi connectivity index (χ1v) is 20.1. The SMILES string of the molecule is Cc1ccc(O[13CH2][13C@H]2O[13C@@H](n3cnc4c(OC(=O)N(c5ccccc5)c5ccccc5)nc([15NH]C(=O)C(C)C)nc43)[13C@H](Oc3ccc(C)cc3)[13C@@H]2Oc2ccc(C)cc2)cc1. The highest BCUT2D eigenvalue weighted by Gasteiger charge is 2.50. The van der Waals surface area contributed by atoms with Crippen LogP contribution in [0.5, 0.6) is 23.1 Å². The zero-order valence-electron chi connectivity index (χ0n) is 34.5. The standard InChI is InChI=1S/C48H46N6O7/c1-30(2)44(55)51-47-50-43-40(45(52-47)61-48(56)54(34-12-8-6-9-13-34)35-14-10-7-11-15-35)49-29-53(43)46-42(59-38-26-20-33(5)21-27-38)41(58-37-24-18-32(4)19-25-37)39(60-46)28-57-36-22-16-31(3)17-23-36/h6-27,29-30,39,41-42,46H,28H2,1-5H3,(H,50,51,52,55)/t39-,41-,42-,46-/m1/s1/i28+1,39+1,41+1,42+1,46+1,51+1. The first-order valence-electron chi connectivity index (χ1n) is 20.1. The predicted molar refractivity (Wildman–Crippen MR) is 232 cm³/mol. The van der Waals surface area contributed by atoms with Gasteiger partial charge < -0.3 is 23.7 Å². The first-order chi connectivity index (χ1) is 29.6. The molecule has 13 nitrogen and oxygen atoms in total. The predicted octanol–water partition coefficient (Wildman–Crippen LogP) is 9.55. The number of carbonyl (C=O) groups is 2. The van der Waals surface area contributed by atoms with Crippen LogP contribution in [0.3, 0.4) is 0 Å². The van der Waals surface area contributed by atoms with Crippen molar-refractivity contribution in [1.82, 2.24) is 19.5 Å². The number of rotatable bonds is 13. The second-order valence-electron chi connectivity index (χ2n) is 15.2. The van der Waals surface area contributed by atoms with Gasteiger partial charge >= 0.3 is 6.09 Å². The topological polar surface area (TPSA) is 139 Å². The van der Waals surface area contributed by atoms with Crippen molar-refractivity contribution in [1.29, 1.82) is 0 Å². The van der Waals surface area contributed by atoms with Crippen LogP contribution in [0.1, 0.15) is 36.8 Å². The number of nitrogens with zero attached hydrogens (tertiary/aromatic N) is 5. The molecule has 3 heterocycles. The molecule has 2 aromatic heterocycles. The largest absolute Gasteiger partial charge is 0.491 e. The van der Waals surface area contributed by atoms with E-state index in [-0.39, 0.29) is 35.5 Å². The van der Waals surface area contributed by atoms with Gasteiger partial charge in [0, 0.05) is 5.92 Å². The maximum atomic E-state index is 14.3. The van der Waals surface area contributed by atoms with Gasteiger partial charge in [0.1, 0.15) is 30.0 Å². The Hall–Kier alpha value is -7.25. The van der Waals surface area contributed by atoms with E-state index in [4.69, 9.17) is 33.7 Å². The average molecular weight is 825 g/mol. The lowest BCUT2D eigenvalue weighted by Crippen LogP contribution is -2.42. The molecule has 0 radical (unpaired) electrons. The number of fused-ring (bicyclic) bond motifs is 1.